The van der Waals surface area contributed by atoms with E-state index in [2.05, 4.69) is 34.3 Å². The van der Waals surface area contributed by atoms with Crippen molar-refractivity contribution in [1.29, 1.82) is 0 Å². The number of benzene rings is 3. The molecule has 0 bridgehead atoms. The second kappa shape index (κ2) is 10.2. The Morgan fingerprint density at radius 3 is 2.22 bits per heavy atom. The van der Waals surface area contributed by atoms with Crippen LogP contribution in [-0.2, 0) is 10.0 Å². The highest BCUT2D eigenvalue weighted by molar-refractivity contribution is 7.99. The monoisotopic (exact) mass is 468 g/mol. The summed E-state index contributed by atoms with van der Waals surface area (Å²) in [5.41, 5.74) is 4.43. The molecule has 0 saturated carbocycles. The topological polar surface area (TPSA) is 75.3 Å². The van der Waals surface area contributed by atoms with Crippen molar-refractivity contribution in [2.45, 2.75) is 37.5 Å². The van der Waals surface area contributed by atoms with E-state index in [-0.39, 0.29) is 10.8 Å². The van der Waals surface area contributed by atoms with Gasteiger partial charge < -0.3 is 5.32 Å². The molecule has 0 aliphatic heterocycles. The Kier molecular flexibility index (Phi) is 7.64. The van der Waals surface area contributed by atoms with Gasteiger partial charge in [0.1, 0.15) is 0 Å². The minimum Gasteiger partial charge on any atom is -0.351 e. The molecule has 0 aliphatic carbocycles. The van der Waals surface area contributed by atoms with Gasteiger partial charge in [0.15, 0.2) is 0 Å². The Balaban J connectivity index is 1.68. The van der Waals surface area contributed by atoms with Gasteiger partial charge in [-0.25, -0.2) is 8.42 Å². The molecule has 3 rings (SSSR count). The molecular weight excluding hydrogens is 440 g/mol. The number of hydrogen-bond acceptors (Lipinski definition) is 4. The average Bonchev–Trinajstić information content (AvgIpc) is 2.75. The van der Waals surface area contributed by atoms with Crippen molar-refractivity contribution in [2.24, 2.45) is 0 Å². The molecule has 1 amide bonds. The summed E-state index contributed by atoms with van der Waals surface area (Å²) in [7, 11) is -3.84. The highest BCUT2D eigenvalue weighted by Crippen LogP contribution is 2.24. The van der Waals surface area contributed by atoms with Crippen LogP contribution >= 0.6 is 11.8 Å². The molecule has 3 aromatic rings. The van der Waals surface area contributed by atoms with Gasteiger partial charge in [0, 0.05) is 22.8 Å². The van der Waals surface area contributed by atoms with Gasteiger partial charge in [-0.2, -0.15) is 0 Å². The van der Waals surface area contributed by atoms with Crippen LogP contribution in [0.25, 0.3) is 0 Å². The minimum atomic E-state index is -3.84. The molecule has 32 heavy (non-hydrogen) atoms. The van der Waals surface area contributed by atoms with Crippen molar-refractivity contribution < 1.29 is 13.2 Å². The molecule has 0 aromatic heterocycles. The SMILES string of the molecule is Cc1ccc(SCCNC(=O)c2ccc(C)c(S(=O)(=O)Nc3cc(C)ccc3C)c2)cc1. The van der Waals surface area contributed by atoms with Gasteiger partial charge in [-0.3, -0.25) is 9.52 Å². The molecule has 168 valence electrons. The number of amides is 1. The zero-order chi connectivity index (χ0) is 23.3. The first-order chi connectivity index (χ1) is 15.2. The second-order valence-corrected chi connectivity index (χ2v) is 10.6. The summed E-state index contributed by atoms with van der Waals surface area (Å²) in [4.78, 5) is 13.9. The Labute approximate surface area is 194 Å². The fourth-order valence-corrected chi connectivity index (χ4v) is 5.31. The van der Waals surface area contributed by atoms with E-state index in [1.807, 2.05) is 32.9 Å². The third-order valence-corrected chi connectivity index (χ3v) is 7.58. The zero-order valence-corrected chi connectivity index (χ0v) is 20.4. The largest absolute Gasteiger partial charge is 0.351 e. The van der Waals surface area contributed by atoms with E-state index in [1.165, 1.54) is 11.6 Å². The minimum absolute atomic E-state index is 0.0973. The van der Waals surface area contributed by atoms with Crippen molar-refractivity contribution >= 4 is 33.4 Å². The summed E-state index contributed by atoms with van der Waals surface area (Å²) in [5, 5.41) is 2.87. The van der Waals surface area contributed by atoms with Crippen LogP contribution in [0.5, 0.6) is 0 Å². The number of aryl methyl sites for hydroxylation is 4. The van der Waals surface area contributed by atoms with Crippen LogP contribution in [0.1, 0.15) is 32.6 Å². The summed E-state index contributed by atoms with van der Waals surface area (Å²) in [5.74, 6) is 0.428. The fourth-order valence-electron chi connectivity index (χ4n) is 3.15. The number of nitrogens with one attached hydrogen (secondary N) is 2. The quantitative estimate of drug-likeness (QED) is 0.350. The zero-order valence-electron chi connectivity index (χ0n) is 18.7. The van der Waals surface area contributed by atoms with Gasteiger partial charge in [0.2, 0.25) is 0 Å². The number of carbonyl (C=O) groups is 1. The third-order valence-electron chi connectivity index (χ3n) is 5.05. The van der Waals surface area contributed by atoms with E-state index < -0.39 is 10.0 Å². The highest BCUT2D eigenvalue weighted by Gasteiger charge is 2.20. The molecule has 0 atom stereocenters. The first-order valence-electron chi connectivity index (χ1n) is 10.3. The standard InChI is InChI=1S/C25H28N2O3S2/c1-17-6-11-22(12-7-17)31-14-13-26-25(28)21-10-9-20(4)24(16-21)32(29,30)27-23-15-18(2)5-8-19(23)3/h5-12,15-16,27H,13-14H2,1-4H3,(H,26,28). The highest BCUT2D eigenvalue weighted by atomic mass is 32.2. The van der Waals surface area contributed by atoms with Crippen LogP contribution in [0.2, 0.25) is 0 Å². The van der Waals surface area contributed by atoms with Gasteiger partial charge in [-0.1, -0.05) is 35.9 Å². The molecule has 7 heteroatoms. The van der Waals surface area contributed by atoms with Crippen LogP contribution in [0.4, 0.5) is 5.69 Å². The van der Waals surface area contributed by atoms with Crippen molar-refractivity contribution in [1.82, 2.24) is 5.32 Å². The van der Waals surface area contributed by atoms with E-state index in [1.54, 1.807) is 36.9 Å². The van der Waals surface area contributed by atoms with Crippen LogP contribution in [0, 0.1) is 27.7 Å². The first-order valence-corrected chi connectivity index (χ1v) is 12.8. The van der Waals surface area contributed by atoms with Crippen LogP contribution in [-0.4, -0.2) is 26.6 Å². The molecule has 0 saturated heterocycles. The van der Waals surface area contributed by atoms with Crippen LogP contribution in [0.3, 0.4) is 0 Å². The molecule has 5 nitrogen and oxygen atoms in total. The van der Waals surface area contributed by atoms with Gasteiger partial charge in [-0.05, 0) is 74.7 Å². The Bertz CT molecular complexity index is 1220. The number of anilines is 1. The van der Waals surface area contributed by atoms with E-state index in [9.17, 15) is 13.2 Å². The summed E-state index contributed by atoms with van der Waals surface area (Å²) in [6, 6.07) is 18.6. The smallest absolute Gasteiger partial charge is 0.262 e. The second-order valence-electron chi connectivity index (χ2n) is 7.82. The van der Waals surface area contributed by atoms with Crippen LogP contribution < -0.4 is 10.0 Å². The maximum Gasteiger partial charge on any atom is 0.262 e. The maximum absolute atomic E-state index is 13.1. The lowest BCUT2D eigenvalue weighted by Gasteiger charge is -2.14. The van der Waals surface area contributed by atoms with Gasteiger partial charge in [-0.15, -0.1) is 11.8 Å². The number of sulfonamides is 1. The summed E-state index contributed by atoms with van der Waals surface area (Å²) < 4.78 is 28.8. The molecule has 0 spiro atoms. The third kappa shape index (κ3) is 6.14. The summed E-state index contributed by atoms with van der Waals surface area (Å²) in [6.45, 7) is 8.00. The fraction of sp³-hybridized carbons (Fsp3) is 0.240. The predicted molar refractivity (Wildman–Crippen MR) is 132 cm³/mol. The molecular formula is C25H28N2O3S2. The number of hydrogen-bond donors (Lipinski definition) is 2. The average molecular weight is 469 g/mol. The molecule has 0 aliphatic rings. The van der Waals surface area contributed by atoms with Crippen molar-refractivity contribution in [3.05, 3.63) is 88.5 Å². The summed E-state index contributed by atoms with van der Waals surface area (Å²) >= 11 is 1.66. The molecule has 2 N–H and O–H groups in total. The molecule has 0 radical (unpaired) electrons. The van der Waals surface area contributed by atoms with Crippen molar-refractivity contribution in [2.75, 3.05) is 17.0 Å². The lowest BCUT2D eigenvalue weighted by atomic mass is 10.1. The lowest BCUT2D eigenvalue weighted by Crippen LogP contribution is -2.26. The number of rotatable bonds is 8. The maximum atomic E-state index is 13.1. The Morgan fingerprint density at radius 1 is 0.844 bits per heavy atom. The van der Waals surface area contributed by atoms with Crippen molar-refractivity contribution in [3.63, 3.8) is 0 Å². The number of thioether (sulfide) groups is 1. The normalized spacial score (nSPS) is 11.2. The molecule has 0 heterocycles. The van der Waals surface area contributed by atoms with Gasteiger partial charge in [0.05, 0.1) is 10.6 Å². The molecule has 0 fully saturated rings. The predicted octanol–water partition coefficient (Wildman–Crippen LogP) is 5.24. The molecule has 0 unspecified atom stereocenters. The number of carbonyl (C=O) groups excluding carboxylic acids is 1. The van der Waals surface area contributed by atoms with Crippen molar-refractivity contribution in [3.8, 4) is 0 Å². The molecule has 3 aromatic carbocycles. The Hall–Kier alpha value is -2.77. The van der Waals surface area contributed by atoms with E-state index in [0.29, 0.717) is 23.4 Å². The van der Waals surface area contributed by atoms with Gasteiger partial charge >= 0.3 is 0 Å². The van der Waals surface area contributed by atoms with E-state index >= 15 is 0 Å². The van der Waals surface area contributed by atoms with Crippen LogP contribution in [0.15, 0.2) is 70.5 Å². The first kappa shape index (κ1) is 23.9. The van der Waals surface area contributed by atoms with Gasteiger partial charge in [0.25, 0.3) is 15.9 Å². The lowest BCUT2D eigenvalue weighted by molar-refractivity contribution is 0.0956. The van der Waals surface area contributed by atoms with E-state index in [4.69, 9.17) is 0 Å². The van der Waals surface area contributed by atoms with E-state index in [0.717, 1.165) is 21.8 Å². The Morgan fingerprint density at radius 2 is 1.50 bits per heavy atom. The summed E-state index contributed by atoms with van der Waals surface area (Å²) in [6.07, 6.45) is 0.